The number of carbonyl (C=O) groups is 1. The van der Waals surface area contributed by atoms with E-state index in [-0.39, 0.29) is 23.9 Å². The molecule has 6 nitrogen and oxygen atoms in total. The molecule has 1 atom stereocenters. The molecule has 0 aromatic heterocycles. The molecule has 3 heterocycles. The summed E-state index contributed by atoms with van der Waals surface area (Å²) in [7, 11) is 0. The van der Waals surface area contributed by atoms with Gasteiger partial charge in [0.15, 0.2) is 11.7 Å². The third kappa shape index (κ3) is 3.56. The van der Waals surface area contributed by atoms with Crippen LogP contribution in [0.1, 0.15) is 12.5 Å². The van der Waals surface area contributed by atoms with Gasteiger partial charge in [0.1, 0.15) is 5.82 Å². The minimum atomic E-state index is -0.439. The van der Waals surface area contributed by atoms with Crippen LogP contribution in [-0.2, 0) is 11.2 Å². The van der Waals surface area contributed by atoms with Crippen LogP contribution < -0.4 is 0 Å². The average molecular weight is 390 g/mol. The first-order chi connectivity index (χ1) is 13.0. The summed E-state index contributed by atoms with van der Waals surface area (Å²) in [6.07, 6.45) is 3.72. The van der Waals surface area contributed by atoms with Gasteiger partial charge >= 0.3 is 0 Å². The van der Waals surface area contributed by atoms with Crippen molar-refractivity contribution >= 4 is 29.2 Å². The van der Waals surface area contributed by atoms with Crippen LogP contribution in [0.25, 0.3) is 0 Å². The lowest BCUT2D eigenvalue weighted by Gasteiger charge is -2.37. The van der Waals surface area contributed by atoms with E-state index in [2.05, 4.69) is 26.7 Å². The Morgan fingerprint density at radius 1 is 1.26 bits per heavy atom. The minimum absolute atomic E-state index is 0.0206. The molecule has 27 heavy (non-hydrogen) atoms. The molecule has 0 bridgehead atoms. The maximum absolute atomic E-state index is 13.9. The van der Waals surface area contributed by atoms with Gasteiger partial charge in [-0.1, -0.05) is 17.7 Å². The second-order valence-corrected chi connectivity index (χ2v) is 7.36. The monoisotopic (exact) mass is 389 g/mol. The van der Waals surface area contributed by atoms with Crippen molar-refractivity contribution in [3.63, 3.8) is 0 Å². The van der Waals surface area contributed by atoms with E-state index < -0.39 is 5.82 Å². The first-order valence-corrected chi connectivity index (χ1v) is 9.45. The smallest absolute Gasteiger partial charge is 0.227 e. The lowest BCUT2D eigenvalue weighted by Crippen LogP contribution is -2.54. The maximum atomic E-state index is 13.9. The molecule has 3 aliphatic rings. The van der Waals surface area contributed by atoms with E-state index in [4.69, 9.17) is 11.6 Å². The van der Waals surface area contributed by atoms with E-state index in [1.54, 1.807) is 23.2 Å². The highest BCUT2D eigenvalue weighted by Crippen LogP contribution is 2.21. The fraction of sp³-hybridized carbons (Fsp3) is 0.421. The SMILES string of the molecule is CC1CN2C=CN=C(N3CCN(C(=O)Cc4c(F)cccc4Cl)CC3)C2=N1. The van der Waals surface area contributed by atoms with Gasteiger partial charge in [-0.2, -0.15) is 0 Å². The molecule has 1 aromatic carbocycles. The Morgan fingerprint density at radius 3 is 2.78 bits per heavy atom. The molecule has 0 radical (unpaired) electrons. The zero-order valence-electron chi connectivity index (χ0n) is 15.1. The topological polar surface area (TPSA) is 51.5 Å². The molecule has 0 saturated carbocycles. The molecule has 142 valence electrons. The first-order valence-electron chi connectivity index (χ1n) is 9.08. The third-order valence-corrected chi connectivity index (χ3v) is 5.39. The number of fused-ring (bicyclic) bond motifs is 1. The Labute approximate surface area is 162 Å². The summed E-state index contributed by atoms with van der Waals surface area (Å²) in [5.41, 5.74) is 0.262. The van der Waals surface area contributed by atoms with Crippen molar-refractivity contribution in [2.24, 2.45) is 9.98 Å². The summed E-state index contributed by atoms with van der Waals surface area (Å²) in [5.74, 6) is 1.22. The van der Waals surface area contributed by atoms with Crippen LogP contribution in [0.2, 0.25) is 5.02 Å². The van der Waals surface area contributed by atoms with Gasteiger partial charge in [0.05, 0.1) is 12.5 Å². The number of halogens is 2. The van der Waals surface area contributed by atoms with Crippen LogP contribution in [0.5, 0.6) is 0 Å². The molecule has 1 unspecified atom stereocenters. The number of amides is 1. The summed E-state index contributed by atoms with van der Waals surface area (Å²) in [4.78, 5) is 27.8. The predicted molar refractivity (Wildman–Crippen MR) is 103 cm³/mol. The fourth-order valence-corrected chi connectivity index (χ4v) is 3.84. The second-order valence-electron chi connectivity index (χ2n) is 6.95. The van der Waals surface area contributed by atoms with Gasteiger partial charge < -0.3 is 14.7 Å². The van der Waals surface area contributed by atoms with Crippen LogP contribution in [0.15, 0.2) is 40.6 Å². The van der Waals surface area contributed by atoms with E-state index in [9.17, 15) is 9.18 Å². The van der Waals surface area contributed by atoms with Crippen molar-refractivity contribution in [2.75, 3.05) is 32.7 Å². The number of nitrogens with zero attached hydrogens (tertiary/aromatic N) is 5. The molecule has 1 fully saturated rings. The maximum Gasteiger partial charge on any atom is 0.227 e. The van der Waals surface area contributed by atoms with Gasteiger partial charge in [-0.25, -0.2) is 9.38 Å². The third-order valence-electron chi connectivity index (χ3n) is 5.04. The highest BCUT2D eigenvalue weighted by molar-refractivity contribution is 6.41. The summed E-state index contributed by atoms with van der Waals surface area (Å²) < 4.78 is 13.9. The van der Waals surface area contributed by atoms with Crippen molar-refractivity contribution in [3.8, 4) is 0 Å². The number of hydrogen-bond donors (Lipinski definition) is 0. The summed E-state index contributed by atoms with van der Waals surface area (Å²) in [6.45, 7) is 5.43. The van der Waals surface area contributed by atoms with Crippen LogP contribution in [0.4, 0.5) is 4.39 Å². The Kier molecular flexibility index (Phi) is 4.86. The molecule has 0 spiro atoms. The second kappa shape index (κ2) is 7.31. The van der Waals surface area contributed by atoms with Crippen molar-refractivity contribution < 1.29 is 9.18 Å². The van der Waals surface area contributed by atoms with Crippen molar-refractivity contribution in [1.82, 2.24) is 14.7 Å². The number of aliphatic imine (C=N–C) groups is 2. The highest BCUT2D eigenvalue weighted by atomic mass is 35.5. The van der Waals surface area contributed by atoms with Gasteiger partial charge in [-0.05, 0) is 19.1 Å². The Morgan fingerprint density at radius 2 is 2.04 bits per heavy atom. The molecule has 0 aliphatic carbocycles. The largest absolute Gasteiger partial charge is 0.350 e. The number of amidine groups is 2. The molecule has 3 aliphatic heterocycles. The summed E-state index contributed by atoms with van der Waals surface area (Å²) >= 11 is 6.04. The number of piperazine rings is 1. The average Bonchev–Trinajstić information content (AvgIpc) is 3.05. The van der Waals surface area contributed by atoms with Crippen LogP contribution in [0.3, 0.4) is 0 Å². The summed E-state index contributed by atoms with van der Waals surface area (Å²) in [6, 6.07) is 4.73. The lowest BCUT2D eigenvalue weighted by atomic mass is 10.1. The predicted octanol–water partition coefficient (Wildman–Crippen LogP) is 2.15. The quantitative estimate of drug-likeness (QED) is 0.778. The highest BCUT2D eigenvalue weighted by Gasteiger charge is 2.32. The Hall–Kier alpha value is -2.41. The van der Waals surface area contributed by atoms with Gasteiger partial charge in [0.25, 0.3) is 0 Å². The fourth-order valence-electron chi connectivity index (χ4n) is 3.61. The molecule has 1 saturated heterocycles. The van der Waals surface area contributed by atoms with Gasteiger partial charge in [0.2, 0.25) is 5.91 Å². The van der Waals surface area contributed by atoms with Gasteiger partial charge in [-0.15, -0.1) is 0 Å². The molecule has 1 aromatic rings. The zero-order valence-corrected chi connectivity index (χ0v) is 15.9. The number of benzene rings is 1. The molecule has 1 amide bonds. The Bertz CT molecular complexity index is 824. The van der Waals surface area contributed by atoms with Gasteiger partial charge in [-0.3, -0.25) is 9.79 Å². The molecule has 0 N–H and O–H groups in total. The van der Waals surface area contributed by atoms with E-state index in [1.807, 2.05) is 6.20 Å². The van der Waals surface area contributed by atoms with Gasteiger partial charge in [0, 0.05) is 55.7 Å². The van der Waals surface area contributed by atoms with Crippen LogP contribution in [-0.4, -0.2) is 71.0 Å². The molecule has 4 rings (SSSR count). The zero-order chi connectivity index (χ0) is 19.0. The molecule has 8 heteroatoms. The lowest BCUT2D eigenvalue weighted by molar-refractivity contribution is -0.131. The summed E-state index contributed by atoms with van der Waals surface area (Å²) in [5, 5.41) is 0.291. The van der Waals surface area contributed by atoms with Crippen molar-refractivity contribution in [1.29, 1.82) is 0 Å². The number of rotatable bonds is 2. The number of carbonyl (C=O) groups excluding carboxylic acids is 1. The Balaban J connectivity index is 1.39. The number of hydrogen-bond acceptors (Lipinski definition) is 5. The molecular weight excluding hydrogens is 369 g/mol. The van der Waals surface area contributed by atoms with Crippen LogP contribution in [0, 0.1) is 5.82 Å². The normalized spacial score (nSPS) is 21.9. The van der Waals surface area contributed by atoms with Crippen molar-refractivity contribution in [3.05, 3.63) is 47.0 Å². The molecular formula is C19H21ClFN5O. The standard InChI is InChI=1S/C19H21ClFN5O/c1-13-12-26-6-5-22-18(19(26)23-13)25-9-7-24(8-10-25)17(27)11-14-15(20)3-2-4-16(14)21/h2-6,13H,7-12H2,1H3. The van der Waals surface area contributed by atoms with E-state index in [1.165, 1.54) is 6.07 Å². The minimum Gasteiger partial charge on any atom is -0.350 e. The van der Waals surface area contributed by atoms with Crippen LogP contribution >= 0.6 is 11.6 Å². The van der Waals surface area contributed by atoms with E-state index >= 15 is 0 Å². The van der Waals surface area contributed by atoms with E-state index in [0.717, 1.165) is 18.2 Å². The first kappa shape index (κ1) is 18.0. The van der Waals surface area contributed by atoms with Crippen molar-refractivity contribution in [2.45, 2.75) is 19.4 Å². The van der Waals surface area contributed by atoms with E-state index in [0.29, 0.717) is 31.2 Å².